The zero-order valence-electron chi connectivity index (χ0n) is 16.3. The number of alkyl halides is 3. The highest BCUT2D eigenvalue weighted by Crippen LogP contribution is 2.30. The van der Waals surface area contributed by atoms with E-state index in [9.17, 15) is 13.2 Å². The van der Waals surface area contributed by atoms with E-state index in [0.717, 1.165) is 12.1 Å². The van der Waals surface area contributed by atoms with Gasteiger partial charge >= 0.3 is 6.18 Å². The van der Waals surface area contributed by atoms with Gasteiger partial charge in [0.1, 0.15) is 0 Å². The molecule has 0 aliphatic carbocycles. The second-order valence-electron chi connectivity index (χ2n) is 7.69. The molecule has 2 rings (SSSR count). The van der Waals surface area contributed by atoms with E-state index >= 15 is 0 Å². The van der Waals surface area contributed by atoms with Crippen molar-refractivity contribution in [1.82, 2.24) is 0 Å². The van der Waals surface area contributed by atoms with Crippen LogP contribution in [0, 0.1) is 17.8 Å². The minimum Gasteiger partial charge on any atom is -0.166 e. The first-order valence-corrected chi connectivity index (χ1v) is 12.8. The SMILES string of the molecule is CCCCCCC[SiH]1CCC(/C=C/C#Cc2ccc(C(F)(F)F)cc2)CC1. The average molecular weight is 393 g/mol. The van der Waals surface area contributed by atoms with E-state index in [1.807, 2.05) is 6.08 Å². The number of benzene rings is 1. The molecule has 0 nitrogen and oxygen atoms in total. The van der Waals surface area contributed by atoms with Crippen molar-refractivity contribution in [3.63, 3.8) is 0 Å². The molecule has 0 unspecified atom stereocenters. The third-order valence-electron chi connectivity index (χ3n) is 5.49. The molecule has 1 aromatic rings. The third-order valence-corrected chi connectivity index (χ3v) is 9.01. The number of hydrogen-bond acceptors (Lipinski definition) is 0. The van der Waals surface area contributed by atoms with E-state index in [4.69, 9.17) is 0 Å². The maximum Gasteiger partial charge on any atom is 0.416 e. The van der Waals surface area contributed by atoms with Crippen LogP contribution in [-0.2, 0) is 6.18 Å². The van der Waals surface area contributed by atoms with Gasteiger partial charge in [-0.05, 0) is 49.1 Å². The number of unbranched alkanes of at least 4 members (excludes halogenated alkanes) is 4. The maximum atomic E-state index is 12.5. The summed E-state index contributed by atoms with van der Waals surface area (Å²) in [6, 6.07) is 9.46. The molecule has 1 heterocycles. The maximum absolute atomic E-state index is 12.5. The molecule has 0 saturated carbocycles. The quantitative estimate of drug-likeness (QED) is 0.261. The van der Waals surface area contributed by atoms with Gasteiger partial charge in [-0.25, -0.2) is 0 Å². The second-order valence-corrected chi connectivity index (χ2v) is 11.2. The Kier molecular flexibility index (Phi) is 9.20. The van der Waals surface area contributed by atoms with Crippen molar-refractivity contribution >= 4 is 8.80 Å². The lowest BCUT2D eigenvalue weighted by atomic mass is 10.0. The van der Waals surface area contributed by atoms with Crippen molar-refractivity contribution in [2.24, 2.45) is 5.92 Å². The molecule has 1 fully saturated rings. The van der Waals surface area contributed by atoms with Gasteiger partial charge in [0.15, 0.2) is 0 Å². The molecule has 27 heavy (non-hydrogen) atoms. The third kappa shape index (κ3) is 8.39. The predicted octanol–water partition coefficient (Wildman–Crippen LogP) is 7.22. The standard InChI is InChI=1S/C23H31F3Si/c1-2-3-4-5-8-17-27-18-15-21(16-19-27)10-7-6-9-20-11-13-22(14-12-20)23(24,25)26/h7,10-14,21,27H,2-5,8,15-19H2,1H3/b10-7+. The molecular formula is C23H31F3Si. The van der Waals surface area contributed by atoms with E-state index in [-0.39, 0.29) is 0 Å². The van der Waals surface area contributed by atoms with Gasteiger partial charge in [-0.1, -0.05) is 75.1 Å². The summed E-state index contributed by atoms with van der Waals surface area (Å²) in [7, 11) is -0.487. The predicted molar refractivity (Wildman–Crippen MR) is 111 cm³/mol. The first-order valence-electron chi connectivity index (χ1n) is 10.3. The van der Waals surface area contributed by atoms with Gasteiger partial charge in [-0.2, -0.15) is 13.2 Å². The number of halogens is 3. The first kappa shape index (κ1) is 21.8. The van der Waals surface area contributed by atoms with Gasteiger partial charge in [-0.15, -0.1) is 0 Å². The Balaban J connectivity index is 1.69. The summed E-state index contributed by atoms with van der Waals surface area (Å²) >= 11 is 0. The van der Waals surface area contributed by atoms with E-state index in [2.05, 4.69) is 24.8 Å². The zero-order valence-corrected chi connectivity index (χ0v) is 17.5. The average Bonchev–Trinajstić information content (AvgIpc) is 2.66. The van der Waals surface area contributed by atoms with Gasteiger partial charge in [0.05, 0.1) is 5.56 Å². The molecule has 1 aliphatic heterocycles. The van der Waals surface area contributed by atoms with E-state index < -0.39 is 20.5 Å². The molecule has 4 heteroatoms. The van der Waals surface area contributed by atoms with Crippen molar-refractivity contribution in [3.8, 4) is 11.8 Å². The molecular weight excluding hydrogens is 361 g/mol. The van der Waals surface area contributed by atoms with Crippen LogP contribution >= 0.6 is 0 Å². The van der Waals surface area contributed by atoms with Crippen LogP contribution in [0.5, 0.6) is 0 Å². The van der Waals surface area contributed by atoms with Gasteiger partial charge in [0.2, 0.25) is 0 Å². The summed E-state index contributed by atoms with van der Waals surface area (Å²) in [5.41, 5.74) is -0.0123. The van der Waals surface area contributed by atoms with Crippen LogP contribution in [0.4, 0.5) is 13.2 Å². The molecule has 0 radical (unpaired) electrons. The fourth-order valence-electron chi connectivity index (χ4n) is 3.76. The van der Waals surface area contributed by atoms with Gasteiger partial charge in [-0.3, -0.25) is 0 Å². The topological polar surface area (TPSA) is 0 Å². The van der Waals surface area contributed by atoms with Gasteiger partial charge in [0, 0.05) is 14.4 Å². The van der Waals surface area contributed by atoms with E-state index in [1.165, 1.54) is 75.2 Å². The highest BCUT2D eigenvalue weighted by Gasteiger charge is 2.29. The van der Waals surface area contributed by atoms with E-state index in [1.54, 1.807) is 0 Å². The second kappa shape index (κ2) is 11.4. The Morgan fingerprint density at radius 2 is 1.70 bits per heavy atom. The van der Waals surface area contributed by atoms with Crippen LogP contribution in [0.1, 0.15) is 63.0 Å². The van der Waals surface area contributed by atoms with Crippen LogP contribution in [-0.4, -0.2) is 8.80 Å². The molecule has 1 aromatic carbocycles. The highest BCUT2D eigenvalue weighted by molar-refractivity contribution is 6.58. The van der Waals surface area contributed by atoms with Crippen molar-refractivity contribution in [2.45, 2.75) is 76.2 Å². The number of allylic oxidation sites excluding steroid dienone is 2. The van der Waals surface area contributed by atoms with Gasteiger partial charge in [0.25, 0.3) is 0 Å². The van der Waals surface area contributed by atoms with Crippen LogP contribution in [0.25, 0.3) is 0 Å². The Morgan fingerprint density at radius 1 is 1.04 bits per heavy atom. The minimum absolute atomic E-state index is 0.487. The van der Waals surface area contributed by atoms with Crippen molar-refractivity contribution in [3.05, 3.63) is 47.5 Å². The molecule has 0 spiro atoms. The normalized spacial score (nSPS) is 20.4. The Bertz CT molecular complexity index is 626. The molecule has 0 aromatic heterocycles. The van der Waals surface area contributed by atoms with Crippen LogP contribution in [0.15, 0.2) is 36.4 Å². The highest BCUT2D eigenvalue weighted by atomic mass is 28.3. The van der Waals surface area contributed by atoms with Crippen LogP contribution in [0.3, 0.4) is 0 Å². The lowest BCUT2D eigenvalue weighted by Gasteiger charge is -2.25. The van der Waals surface area contributed by atoms with Crippen molar-refractivity contribution < 1.29 is 13.2 Å². The fraction of sp³-hybridized carbons (Fsp3) is 0.565. The molecule has 0 bridgehead atoms. The molecule has 0 atom stereocenters. The Morgan fingerprint density at radius 3 is 2.33 bits per heavy atom. The lowest BCUT2D eigenvalue weighted by Crippen LogP contribution is -2.20. The summed E-state index contributed by atoms with van der Waals surface area (Å²) in [5, 5.41) is 0. The number of rotatable bonds is 7. The monoisotopic (exact) mass is 392 g/mol. The molecule has 1 saturated heterocycles. The van der Waals surface area contributed by atoms with Crippen molar-refractivity contribution in [1.29, 1.82) is 0 Å². The zero-order chi connectivity index (χ0) is 19.5. The summed E-state index contributed by atoms with van der Waals surface area (Å²) < 4.78 is 37.6. The summed E-state index contributed by atoms with van der Waals surface area (Å²) in [4.78, 5) is 0. The first-order chi connectivity index (χ1) is 13.0. The number of hydrogen-bond donors (Lipinski definition) is 0. The van der Waals surface area contributed by atoms with Crippen molar-refractivity contribution in [2.75, 3.05) is 0 Å². The van der Waals surface area contributed by atoms with E-state index in [0.29, 0.717) is 11.5 Å². The smallest absolute Gasteiger partial charge is 0.166 e. The Labute approximate surface area is 163 Å². The molecule has 1 aliphatic rings. The molecule has 148 valence electrons. The summed E-state index contributed by atoms with van der Waals surface area (Å²) in [6.45, 7) is 2.26. The van der Waals surface area contributed by atoms with Crippen LogP contribution in [0.2, 0.25) is 18.1 Å². The fourth-order valence-corrected chi connectivity index (χ4v) is 7.29. The van der Waals surface area contributed by atoms with Crippen LogP contribution < -0.4 is 0 Å². The minimum atomic E-state index is -4.29. The molecule has 0 N–H and O–H groups in total. The summed E-state index contributed by atoms with van der Waals surface area (Å²) in [6.07, 6.45) is 9.34. The van der Waals surface area contributed by atoms with Gasteiger partial charge < -0.3 is 0 Å². The largest absolute Gasteiger partial charge is 0.416 e. The molecule has 0 amide bonds. The lowest BCUT2D eigenvalue weighted by molar-refractivity contribution is -0.137. The summed E-state index contributed by atoms with van der Waals surface area (Å²) in [5.74, 6) is 6.53. The Hall–Kier alpha value is -1.47.